The number of carbonyl (C=O) groups is 1. The summed E-state index contributed by atoms with van der Waals surface area (Å²) < 4.78 is 27.7. The Kier molecular flexibility index (Phi) is 9.12. The van der Waals surface area contributed by atoms with E-state index in [4.69, 9.17) is 5.73 Å². The first kappa shape index (κ1) is 33.0. The van der Waals surface area contributed by atoms with Crippen LogP contribution in [-0.2, 0) is 6.42 Å². The van der Waals surface area contributed by atoms with Crippen molar-refractivity contribution >= 4 is 45.8 Å². The van der Waals surface area contributed by atoms with Crippen molar-refractivity contribution in [3.05, 3.63) is 148 Å². The van der Waals surface area contributed by atoms with Gasteiger partial charge in [0, 0.05) is 45.2 Å². The number of rotatable bonds is 7. The minimum atomic E-state index is -2.66. The maximum absolute atomic E-state index is 13.9. The Hall–Kier alpha value is -5.48. The first-order chi connectivity index (χ1) is 24.2. The summed E-state index contributed by atoms with van der Waals surface area (Å²) in [6, 6.07) is 36.5. The second kappa shape index (κ2) is 13.8. The number of para-hydroxylation sites is 1. The number of carbonyl (C=O) groups excluding carboxylic acids is 1. The number of nitrogens with two attached hydrogens (primary N) is 1. The highest BCUT2D eigenvalue weighted by Gasteiger charge is 2.37. The lowest BCUT2D eigenvalue weighted by atomic mass is 9.81. The number of benzene rings is 5. The molecule has 0 atom stereocenters. The van der Waals surface area contributed by atoms with E-state index in [0.29, 0.717) is 34.0 Å². The number of nitrogens with one attached hydrogen (secondary N) is 2. The van der Waals surface area contributed by atoms with Crippen LogP contribution in [0.4, 0.5) is 26.0 Å². The average Bonchev–Trinajstić information content (AvgIpc) is 3.67. The Bertz CT molecular complexity index is 2180. The topological polar surface area (TPSA) is 114 Å². The fraction of sp³-hybridized carbons (Fsp3) is 0.175. The molecule has 1 fully saturated rings. The SMILES string of the molecule is NC(=O)c1ccccc1Sc1ccc(Nc2[nH]c3ccccc3c2C2CCC(F)(F)CC2)c([N+](=O)[O-])c1.c1ccc2c(c1)Cc1ccccc1-2. The second-order valence-electron chi connectivity index (χ2n) is 12.6. The monoisotopic (exact) mass is 688 g/mol. The summed E-state index contributed by atoms with van der Waals surface area (Å²) in [5.74, 6) is -2.77. The molecule has 0 saturated heterocycles. The van der Waals surface area contributed by atoms with Crippen LogP contribution in [0.15, 0.2) is 125 Å². The van der Waals surface area contributed by atoms with Gasteiger partial charge in [0.05, 0.1) is 10.5 Å². The zero-order valence-corrected chi connectivity index (χ0v) is 27.8. The molecule has 0 bridgehead atoms. The summed E-state index contributed by atoms with van der Waals surface area (Å²) in [5.41, 5.74) is 13.4. The van der Waals surface area contributed by atoms with Crippen molar-refractivity contribution in [3.8, 4) is 11.1 Å². The van der Waals surface area contributed by atoms with Crippen molar-refractivity contribution in [2.45, 2.75) is 53.7 Å². The van der Waals surface area contributed by atoms with Crippen molar-refractivity contribution < 1.29 is 18.5 Å². The van der Waals surface area contributed by atoms with Gasteiger partial charge in [-0.05, 0) is 77.8 Å². The van der Waals surface area contributed by atoms with Crippen LogP contribution < -0.4 is 11.1 Å². The van der Waals surface area contributed by atoms with E-state index in [1.807, 2.05) is 24.3 Å². The average molecular weight is 689 g/mol. The highest BCUT2D eigenvalue weighted by molar-refractivity contribution is 7.99. The molecule has 50 heavy (non-hydrogen) atoms. The standard InChI is InChI=1S/C27H24F2N4O3S.C13H10/c28-27(29)13-11-16(12-14-27)24-18-5-1-3-7-20(18)31-26(24)32-21-10-9-17(15-22(21)33(35)36)37-23-8-4-2-6-19(23)25(30)34;1-3-7-12-10(5-1)9-11-6-2-4-8-13(11)12/h1-10,15-16,31-32H,11-14H2,(H2,30,34);1-8H,9H2. The molecule has 6 aromatic rings. The van der Waals surface area contributed by atoms with Crippen molar-refractivity contribution in [1.29, 1.82) is 0 Å². The summed E-state index contributed by atoms with van der Waals surface area (Å²) in [4.78, 5) is 27.8. The van der Waals surface area contributed by atoms with Gasteiger partial charge in [-0.25, -0.2) is 8.78 Å². The van der Waals surface area contributed by atoms with E-state index in [-0.39, 0.29) is 30.1 Å². The Morgan fingerprint density at radius 1 is 0.860 bits per heavy atom. The number of fused-ring (bicyclic) bond motifs is 4. The van der Waals surface area contributed by atoms with Gasteiger partial charge in [0.1, 0.15) is 11.5 Å². The van der Waals surface area contributed by atoms with Crippen molar-refractivity contribution in [2.75, 3.05) is 5.32 Å². The molecule has 0 aliphatic heterocycles. The van der Waals surface area contributed by atoms with Crippen molar-refractivity contribution in [2.24, 2.45) is 5.73 Å². The quantitative estimate of drug-likeness (QED) is 0.114. The lowest BCUT2D eigenvalue weighted by Crippen LogP contribution is -2.23. The minimum absolute atomic E-state index is 0.0996. The Morgan fingerprint density at radius 2 is 1.48 bits per heavy atom. The van der Waals surface area contributed by atoms with Gasteiger partial charge in [0.2, 0.25) is 11.8 Å². The van der Waals surface area contributed by atoms with Gasteiger partial charge in [-0.15, -0.1) is 0 Å². The third-order valence-electron chi connectivity index (χ3n) is 9.38. The van der Waals surface area contributed by atoms with Crippen LogP contribution in [0.5, 0.6) is 0 Å². The maximum Gasteiger partial charge on any atom is 0.293 e. The molecular weight excluding hydrogens is 655 g/mol. The van der Waals surface area contributed by atoms with Gasteiger partial charge in [0.15, 0.2) is 0 Å². The first-order valence-corrected chi connectivity index (χ1v) is 17.3. The molecule has 4 N–H and O–H groups in total. The number of H-pyrrole nitrogens is 1. The van der Waals surface area contributed by atoms with Gasteiger partial charge in [-0.2, -0.15) is 0 Å². The third-order valence-corrected chi connectivity index (χ3v) is 10.4. The van der Waals surface area contributed by atoms with Crippen LogP contribution in [0.25, 0.3) is 22.0 Å². The van der Waals surface area contributed by atoms with E-state index in [1.54, 1.807) is 36.4 Å². The molecule has 1 saturated carbocycles. The molecule has 0 spiro atoms. The lowest BCUT2D eigenvalue weighted by Gasteiger charge is -2.29. The van der Waals surface area contributed by atoms with E-state index < -0.39 is 16.8 Å². The molecule has 252 valence electrons. The predicted molar refractivity (Wildman–Crippen MR) is 195 cm³/mol. The predicted octanol–water partition coefficient (Wildman–Crippen LogP) is 10.6. The largest absolute Gasteiger partial charge is 0.366 e. The third kappa shape index (κ3) is 6.84. The van der Waals surface area contributed by atoms with E-state index in [2.05, 4.69) is 58.8 Å². The maximum atomic E-state index is 13.9. The Labute approximate surface area is 292 Å². The van der Waals surface area contributed by atoms with E-state index >= 15 is 0 Å². The Balaban J connectivity index is 0.000000249. The number of aromatic amines is 1. The molecule has 0 unspecified atom stereocenters. The number of amides is 1. The molecule has 7 nitrogen and oxygen atoms in total. The summed E-state index contributed by atoms with van der Waals surface area (Å²) in [5, 5.41) is 16.1. The van der Waals surface area contributed by atoms with Gasteiger partial charge in [0.25, 0.3) is 5.69 Å². The molecule has 1 heterocycles. The minimum Gasteiger partial charge on any atom is -0.366 e. The van der Waals surface area contributed by atoms with Gasteiger partial charge in [-0.1, -0.05) is 90.6 Å². The number of aromatic nitrogens is 1. The van der Waals surface area contributed by atoms with Crippen LogP contribution in [0.2, 0.25) is 0 Å². The zero-order valence-electron chi connectivity index (χ0n) is 27.0. The zero-order chi connectivity index (χ0) is 34.8. The Morgan fingerprint density at radius 3 is 2.16 bits per heavy atom. The summed E-state index contributed by atoms with van der Waals surface area (Å²) in [6.07, 6.45) is 1.40. The number of primary amides is 1. The van der Waals surface area contributed by atoms with Crippen molar-refractivity contribution in [3.63, 3.8) is 0 Å². The summed E-state index contributed by atoms with van der Waals surface area (Å²) >= 11 is 1.21. The number of nitro groups is 1. The molecule has 0 radical (unpaired) electrons. The molecule has 8 rings (SSSR count). The number of hydrogen-bond donors (Lipinski definition) is 3. The van der Waals surface area contributed by atoms with E-state index in [1.165, 1.54) is 40.1 Å². The smallest absolute Gasteiger partial charge is 0.293 e. The molecule has 1 aromatic heterocycles. The molecule has 2 aliphatic rings. The first-order valence-electron chi connectivity index (χ1n) is 16.4. The van der Waals surface area contributed by atoms with Crippen molar-refractivity contribution in [1.82, 2.24) is 4.98 Å². The number of nitro benzene ring substituents is 1. The normalized spacial score (nSPS) is 14.7. The summed E-state index contributed by atoms with van der Waals surface area (Å²) in [7, 11) is 0. The van der Waals surface area contributed by atoms with Crippen LogP contribution in [-0.4, -0.2) is 21.7 Å². The highest BCUT2D eigenvalue weighted by atomic mass is 32.2. The molecule has 10 heteroatoms. The number of alkyl halides is 2. The number of hydrogen-bond acceptors (Lipinski definition) is 5. The van der Waals surface area contributed by atoms with Gasteiger partial charge in [-0.3, -0.25) is 14.9 Å². The number of anilines is 2. The van der Waals surface area contributed by atoms with E-state index in [9.17, 15) is 23.7 Å². The van der Waals surface area contributed by atoms with Crippen LogP contribution in [0, 0.1) is 10.1 Å². The summed E-state index contributed by atoms with van der Waals surface area (Å²) in [6.45, 7) is 0. The van der Waals surface area contributed by atoms with Gasteiger partial charge >= 0.3 is 0 Å². The second-order valence-corrected chi connectivity index (χ2v) is 13.7. The highest BCUT2D eigenvalue weighted by Crippen LogP contribution is 2.46. The lowest BCUT2D eigenvalue weighted by molar-refractivity contribution is -0.384. The van der Waals surface area contributed by atoms with Crippen LogP contribution in [0.1, 0.15) is 58.6 Å². The van der Waals surface area contributed by atoms with Crippen LogP contribution >= 0.6 is 11.8 Å². The fourth-order valence-corrected chi connectivity index (χ4v) is 7.93. The van der Waals surface area contributed by atoms with Gasteiger partial charge < -0.3 is 16.0 Å². The molecule has 1 amide bonds. The molecule has 5 aromatic carbocycles. The molecular formula is C40H34F2N4O3S. The van der Waals surface area contributed by atoms with Crippen LogP contribution in [0.3, 0.4) is 0 Å². The fourth-order valence-electron chi connectivity index (χ4n) is 6.95. The molecule has 2 aliphatic carbocycles. The number of halogens is 2. The van der Waals surface area contributed by atoms with E-state index in [0.717, 1.165) is 22.9 Å². The number of nitrogens with zero attached hydrogens (tertiary/aromatic N) is 1.